The highest BCUT2D eigenvalue weighted by Gasteiger charge is 2.21. The summed E-state index contributed by atoms with van der Waals surface area (Å²) in [4.78, 5) is 12.0. The van der Waals surface area contributed by atoms with Crippen molar-refractivity contribution in [3.8, 4) is 11.5 Å². The van der Waals surface area contributed by atoms with Gasteiger partial charge in [0.15, 0.2) is 11.6 Å². The molecule has 0 spiro atoms. The molecule has 0 unspecified atom stereocenters. The average molecular weight is 332 g/mol. The lowest BCUT2D eigenvalue weighted by atomic mass is 10.1. The summed E-state index contributed by atoms with van der Waals surface area (Å²) >= 11 is 0. The molecular weight excluding hydrogens is 314 g/mol. The fraction of sp³-hybridized carbons (Fsp3) is 0.211. The van der Waals surface area contributed by atoms with Crippen molar-refractivity contribution >= 4 is 5.97 Å². The van der Waals surface area contributed by atoms with Crippen molar-refractivity contribution in [2.75, 3.05) is 0 Å². The normalized spacial score (nSPS) is 10.8. The number of hydrogen-bond acceptors (Lipinski definition) is 3. The molecule has 0 aliphatic rings. The van der Waals surface area contributed by atoms with Crippen molar-refractivity contribution in [2.24, 2.45) is 0 Å². The van der Waals surface area contributed by atoms with E-state index in [-0.39, 0.29) is 11.5 Å². The number of hydrogen-bond donors (Lipinski definition) is 0. The van der Waals surface area contributed by atoms with Gasteiger partial charge in [0.25, 0.3) is 0 Å². The van der Waals surface area contributed by atoms with E-state index in [1.54, 1.807) is 19.1 Å². The van der Waals surface area contributed by atoms with Crippen molar-refractivity contribution in [2.45, 2.75) is 26.7 Å². The van der Waals surface area contributed by atoms with Crippen molar-refractivity contribution in [3.63, 3.8) is 0 Å². The molecule has 0 saturated carbocycles. The Kier molecular flexibility index (Phi) is 6.07. The molecule has 0 atom stereocenters. The fourth-order valence-corrected chi connectivity index (χ4v) is 2.10. The van der Waals surface area contributed by atoms with E-state index in [0.717, 1.165) is 24.5 Å². The summed E-state index contributed by atoms with van der Waals surface area (Å²) in [6, 6.07) is 9.22. The van der Waals surface area contributed by atoms with Crippen LogP contribution >= 0.6 is 0 Å². The minimum absolute atomic E-state index is 0.272. The Bertz CT molecular complexity index is 737. The minimum Gasteiger partial charge on any atom is -0.462 e. The van der Waals surface area contributed by atoms with Gasteiger partial charge in [-0.25, -0.2) is 9.18 Å². The molecule has 0 amide bonds. The lowest BCUT2D eigenvalue weighted by Gasteiger charge is -2.08. The van der Waals surface area contributed by atoms with Crippen LogP contribution in [0.15, 0.2) is 48.7 Å². The first-order valence-corrected chi connectivity index (χ1v) is 7.63. The zero-order chi connectivity index (χ0) is 17.5. The zero-order valence-electron chi connectivity index (χ0n) is 13.5. The Morgan fingerprint density at radius 1 is 1.08 bits per heavy atom. The van der Waals surface area contributed by atoms with Crippen LogP contribution in [0.1, 0.15) is 36.2 Å². The monoisotopic (exact) mass is 332 g/mol. The second-order valence-electron chi connectivity index (χ2n) is 5.11. The van der Waals surface area contributed by atoms with E-state index in [4.69, 9.17) is 9.47 Å². The summed E-state index contributed by atoms with van der Waals surface area (Å²) in [5, 5.41) is 0. The number of ether oxygens (including phenoxy) is 2. The average Bonchev–Trinajstić information content (AvgIpc) is 2.58. The maximum Gasteiger partial charge on any atom is 0.346 e. The van der Waals surface area contributed by atoms with Crippen LogP contribution in [0.2, 0.25) is 0 Å². The maximum atomic E-state index is 14.0. The first kappa shape index (κ1) is 17.7. The number of halogens is 2. The molecule has 24 heavy (non-hydrogen) atoms. The summed E-state index contributed by atoms with van der Waals surface area (Å²) < 4.78 is 37.9. The second-order valence-corrected chi connectivity index (χ2v) is 5.11. The second kappa shape index (κ2) is 8.24. The van der Waals surface area contributed by atoms with Gasteiger partial charge in [-0.2, -0.15) is 4.39 Å². The van der Waals surface area contributed by atoms with Crippen LogP contribution < -0.4 is 9.47 Å². The van der Waals surface area contributed by atoms with Crippen LogP contribution in [0.4, 0.5) is 8.78 Å². The Hall–Kier alpha value is -2.69. The first-order valence-electron chi connectivity index (χ1n) is 7.63. The number of rotatable bonds is 6. The van der Waals surface area contributed by atoms with Crippen LogP contribution in [0, 0.1) is 11.6 Å². The predicted molar refractivity (Wildman–Crippen MR) is 87.2 cm³/mol. The van der Waals surface area contributed by atoms with Crippen molar-refractivity contribution in [3.05, 3.63) is 71.5 Å². The van der Waals surface area contributed by atoms with Gasteiger partial charge >= 0.3 is 5.97 Å². The Labute approximate surface area is 139 Å². The highest BCUT2D eigenvalue weighted by Crippen LogP contribution is 2.24. The molecule has 3 nitrogen and oxygen atoms in total. The van der Waals surface area contributed by atoms with Gasteiger partial charge in [0.2, 0.25) is 5.82 Å². The van der Waals surface area contributed by atoms with Crippen LogP contribution in [0.3, 0.4) is 0 Å². The lowest BCUT2D eigenvalue weighted by molar-refractivity contribution is 0.0728. The van der Waals surface area contributed by atoms with E-state index < -0.39 is 23.2 Å². The molecule has 0 heterocycles. The predicted octanol–water partition coefficient (Wildman–Crippen LogP) is 5.05. The molecule has 0 radical (unpaired) electrons. The molecule has 2 rings (SSSR count). The quantitative estimate of drug-likeness (QED) is 0.422. The molecule has 0 aliphatic heterocycles. The van der Waals surface area contributed by atoms with Crippen molar-refractivity contribution in [1.29, 1.82) is 0 Å². The first-order chi connectivity index (χ1) is 11.6. The van der Waals surface area contributed by atoms with Crippen molar-refractivity contribution in [1.82, 2.24) is 0 Å². The lowest BCUT2D eigenvalue weighted by Crippen LogP contribution is -2.12. The van der Waals surface area contributed by atoms with Crippen LogP contribution in [-0.2, 0) is 6.42 Å². The number of esters is 1. The summed E-state index contributed by atoms with van der Waals surface area (Å²) in [7, 11) is 0. The van der Waals surface area contributed by atoms with Gasteiger partial charge in [0.05, 0.1) is 11.8 Å². The van der Waals surface area contributed by atoms with E-state index >= 15 is 0 Å². The molecule has 0 aromatic heterocycles. The summed E-state index contributed by atoms with van der Waals surface area (Å²) in [6.07, 6.45) is 4.67. The standard InChI is InChI=1S/C19H18F2O3/c1-3-5-13-6-8-14(9-7-13)24-19(22)15-10-11-16(23-12-4-2)18(21)17(15)20/h4,6-12H,3,5H2,1-2H3. The number of allylic oxidation sites excluding steroid dienone is 1. The molecule has 0 fully saturated rings. The number of benzene rings is 2. The molecule has 2 aromatic rings. The van der Waals surface area contributed by atoms with E-state index in [1.165, 1.54) is 18.4 Å². The van der Waals surface area contributed by atoms with Gasteiger partial charge in [-0.15, -0.1) is 0 Å². The van der Waals surface area contributed by atoms with E-state index in [0.29, 0.717) is 0 Å². The molecule has 126 valence electrons. The molecule has 0 N–H and O–H groups in total. The fourth-order valence-electron chi connectivity index (χ4n) is 2.10. The largest absolute Gasteiger partial charge is 0.462 e. The smallest absolute Gasteiger partial charge is 0.346 e. The Morgan fingerprint density at radius 2 is 1.79 bits per heavy atom. The third-order valence-electron chi connectivity index (χ3n) is 3.27. The number of carbonyl (C=O) groups is 1. The maximum absolute atomic E-state index is 14.0. The van der Waals surface area contributed by atoms with Crippen LogP contribution in [0.25, 0.3) is 0 Å². The van der Waals surface area contributed by atoms with Gasteiger partial charge < -0.3 is 9.47 Å². The van der Waals surface area contributed by atoms with Gasteiger partial charge in [0, 0.05) is 0 Å². The molecule has 0 aliphatic carbocycles. The molecular formula is C19H18F2O3. The van der Waals surface area contributed by atoms with Crippen LogP contribution in [-0.4, -0.2) is 5.97 Å². The third kappa shape index (κ3) is 4.19. The molecule has 5 heteroatoms. The van der Waals surface area contributed by atoms with Gasteiger partial charge in [-0.3, -0.25) is 0 Å². The molecule has 2 aromatic carbocycles. The van der Waals surface area contributed by atoms with Crippen LogP contribution in [0.5, 0.6) is 11.5 Å². The van der Waals surface area contributed by atoms with E-state index in [2.05, 4.69) is 6.92 Å². The SMILES string of the molecule is CC=COc1ccc(C(=O)Oc2ccc(CCC)cc2)c(F)c1F. The topological polar surface area (TPSA) is 35.5 Å². The third-order valence-corrected chi connectivity index (χ3v) is 3.27. The Balaban J connectivity index is 2.16. The van der Waals surface area contributed by atoms with E-state index in [1.807, 2.05) is 12.1 Å². The molecule has 0 bridgehead atoms. The Morgan fingerprint density at radius 3 is 2.42 bits per heavy atom. The highest BCUT2D eigenvalue weighted by molar-refractivity contribution is 5.91. The minimum atomic E-state index is -1.30. The van der Waals surface area contributed by atoms with Gasteiger partial charge in [-0.05, 0) is 43.2 Å². The number of aryl methyl sites for hydroxylation is 1. The summed E-state index contributed by atoms with van der Waals surface area (Å²) in [6.45, 7) is 3.74. The highest BCUT2D eigenvalue weighted by atomic mass is 19.2. The molecule has 0 saturated heterocycles. The number of carbonyl (C=O) groups excluding carboxylic acids is 1. The van der Waals surface area contributed by atoms with Crippen molar-refractivity contribution < 1.29 is 23.0 Å². The van der Waals surface area contributed by atoms with E-state index in [9.17, 15) is 13.6 Å². The summed E-state index contributed by atoms with van der Waals surface area (Å²) in [5.41, 5.74) is 0.623. The van der Waals surface area contributed by atoms with Gasteiger partial charge in [0.1, 0.15) is 5.75 Å². The van der Waals surface area contributed by atoms with Gasteiger partial charge in [-0.1, -0.05) is 31.6 Å². The zero-order valence-corrected chi connectivity index (χ0v) is 13.5. The summed E-state index contributed by atoms with van der Waals surface area (Å²) in [5.74, 6) is -3.53.